The maximum Gasteiger partial charge on any atom is 0.325 e. The summed E-state index contributed by atoms with van der Waals surface area (Å²) < 4.78 is 1.94. The van der Waals surface area contributed by atoms with Crippen LogP contribution in [-0.4, -0.2) is 33.7 Å². The smallest absolute Gasteiger partial charge is 0.319 e. The number of halogens is 1. The number of nitrogens with one attached hydrogen (secondary N) is 1. The number of aromatic nitrogens is 1. The summed E-state index contributed by atoms with van der Waals surface area (Å²) in [4.78, 5) is 40.4. The molecule has 7 heteroatoms. The van der Waals surface area contributed by atoms with Gasteiger partial charge < -0.3 is 9.88 Å². The summed E-state index contributed by atoms with van der Waals surface area (Å²) >= 11 is 6.14. The first kappa shape index (κ1) is 20.5. The molecule has 6 nitrogen and oxygen atoms in total. The van der Waals surface area contributed by atoms with E-state index in [1.165, 1.54) is 0 Å². The highest BCUT2D eigenvalue weighted by molar-refractivity contribution is 6.30. The molecule has 2 aliphatic rings. The first-order valence-corrected chi connectivity index (χ1v) is 10.9. The lowest BCUT2D eigenvalue weighted by Crippen LogP contribution is -2.42. The van der Waals surface area contributed by atoms with Crippen LogP contribution in [0.1, 0.15) is 39.3 Å². The van der Waals surface area contributed by atoms with Gasteiger partial charge in [0.2, 0.25) is 0 Å². The minimum atomic E-state index is -1.06. The molecule has 0 saturated carbocycles. The quantitative estimate of drug-likeness (QED) is 0.478. The maximum absolute atomic E-state index is 13.4. The van der Waals surface area contributed by atoms with Crippen molar-refractivity contribution in [3.8, 4) is 5.69 Å². The Bertz CT molecular complexity index is 1300. The van der Waals surface area contributed by atoms with E-state index >= 15 is 0 Å². The molecule has 0 bridgehead atoms. The van der Waals surface area contributed by atoms with Crippen LogP contribution in [0.25, 0.3) is 5.69 Å². The second-order valence-electron chi connectivity index (χ2n) is 8.41. The summed E-state index contributed by atoms with van der Waals surface area (Å²) in [5, 5.41) is 3.47. The van der Waals surface area contributed by atoms with Crippen LogP contribution in [0, 0.1) is 13.8 Å². The number of aryl methyl sites for hydroxylation is 2. The first-order chi connectivity index (χ1) is 15.3. The van der Waals surface area contributed by atoms with Crippen LogP contribution < -0.4 is 5.32 Å². The fourth-order valence-corrected chi connectivity index (χ4v) is 5.20. The zero-order valence-electron chi connectivity index (χ0n) is 17.8. The molecule has 3 aromatic rings. The van der Waals surface area contributed by atoms with Crippen LogP contribution in [0.3, 0.4) is 0 Å². The molecule has 32 heavy (non-hydrogen) atoms. The Hall–Kier alpha value is -3.38. The minimum Gasteiger partial charge on any atom is -0.319 e. The van der Waals surface area contributed by atoms with Gasteiger partial charge in [0.15, 0.2) is 5.78 Å². The Labute approximate surface area is 190 Å². The molecular formula is C25H22ClN3O3. The highest BCUT2D eigenvalue weighted by Crippen LogP contribution is 2.41. The largest absolute Gasteiger partial charge is 0.325 e. The van der Waals surface area contributed by atoms with Gasteiger partial charge in [-0.05, 0) is 62.1 Å². The predicted octanol–water partition coefficient (Wildman–Crippen LogP) is 4.32. The number of urea groups is 1. The number of Topliss-reactive ketones (excluding diaryl/α,β-unsaturated/α-hetero) is 1. The van der Waals surface area contributed by atoms with E-state index in [9.17, 15) is 14.4 Å². The Morgan fingerprint density at radius 1 is 1.09 bits per heavy atom. The Kier molecular flexibility index (Phi) is 4.71. The molecule has 1 atom stereocenters. The van der Waals surface area contributed by atoms with Crippen LogP contribution in [0.2, 0.25) is 5.02 Å². The molecule has 5 rings (SSSR count). The van der Waals surface area contributed by atoms with Gasteiger partial charge in [-0.1, -0.05) is 41.9 Å². The monoisotopic (exact) mass is 447 g/mol. The molecule has 1 aliphatic heterocycles. The molecule has 1 aliphatic carbocycles. The van der Waals surface area contributed by atoms with Gasteiger partial charge in [-0.15, -0.1) is 0 Å². The summed E-state index contributed by atoms with van der Waals surface area (Å²) in [5.41, 5.74) is 3.76. The molecule has 2 heterocycles. The zero-order valence-corrected chi connectivity index (χ0v) is 18.6. The molecule has 1 aromatic heterocycles. The van der Waals surface area contributed by atoms with E-state index in [0.717, 1.165) is 33.1 Å². The lowest BCUT2D eigenvalue weighted by molar-refractivity contribution is -0.131. The molecular weight excluding hydrogens is 426 g/mol. The molecule has 1 saturated heterocycles. The normalized spacial score (nSPS) is 19.5. The molecule has 2 aromatic carbocycles. The zero-order chi connectivity index (χ0) is 22.6. The third kappa shape index (κ3) is 2.98. The highest BCUT2D eigenvalue weighted by atomic mass is 35.5. The number of fused-ring (bicyclic) bond motifs is 2. The van der Waals surface area contributed by atoms with Crippen molar-refractivity contribution in [1.29, 1.82) is 0 Å². The average molecular weight is 448 g/mol. The lowest BCUT2D eigenvalue weighted by Gasteiger charge is -2.22. The number of imide groups is 1. The molecule has 1 N–H and O–H groups in total. The molecule has 0 radical (unpaired) electrons. The molecule has 1 fully saturated rings. The van der Waals surface area contributed by atoms with E-state index in [1.54, 1.807) is 12.1 Å². The van der Waals surface area contributed by atoms with Crippen LogP contribution in [0.15, 0.2) is 54.6 Å². The van der Waals surface area contributed by atoms with Gasteiger partial charge in [-0.2, -0.15) is 0 Å². The molecule has 1 spiro atoms. The first-order valence-electron chi connectivity index (χ1n) is 10.5. The van der Waals surface area contributed by atoms with Gasteiger partial charge in [0.25, 0.3) is 5.91 Å². The average Bonchev–Trinajstić information content (AvgIpc) is 3.36. The van der Waals surface area contributed by atoms with Crippen LogP contribution in [0.5, 0.6) is 0 Å². The summed E-state index contributed by atoms with van der Waals surface area (Å²) in [7, 11) is 0. The van der Waals surface area contributed by atoms with Gasteiger partial charge in [-0.3, -0.25) is 14.5 Å². The topological polar surface area (TPSA) is 71.4 Å². The Balaban J connectivity index is 1.44. The number of rotatable bonds is 4. The lowest BCUT2D eigenvalue weighted by atomic mass is 9.92. The Morgan fingerprint density at radius 2 is 1.88 bits per heavy atom. The molecule has 162 valence electrons. The van der Waals surface area contributed by atoms with Gasteiger partial charge in [0, 0.05) is 27.7 Å². The Morgan fingerprint density at radius 3 is 2.66 bits per heavy atom. The van der Waals surface area contributed by atoms with Crippen molar-refractivity contribution in [1.82, 2.24) is 14.8 Å². The van der Waals surface area contributed by atoms with Crippen molar-refractivity contribution >= 4 is 29.3 Å². The van der Waals surface area contributed by atoms with Crippen molar-refractivity contribution in [3.05, 3.63) is 87.7 Å². The second kappa shape index (κ2) is 7.35. The molecule has 3 amide bonds. The van der Waals surface area contributed by atoms with E-state index < -0.39 is 11.6 Å². The number of carbonyl (C=O) groups excluding carboxylic acids is 3. The minimum absolute atomic E-state index is 0.279. The number of benzene rings is 2. The van der Waals surface area contributed by atoms with Crippen molar-refractivity contribution in [2.24, 2.45) is 0 Å². The summed E-state index contributed by atoms with van der Waals surface area (Å²) in [6.07, 6.45) is 1.22. The van der Waals surface area contributed by atoms with Crippen molar-refractivity contribution < 1.29 is 14.4 Å². The second-order valence-corrected chi connectivity index (χ2v) is 8.84. The standard InChI is InChI=1S/C25H22ClN3O3/c1-15-12-20(16(2)29(15)19-8-5-7-18(26)13-19)22(30)14-28-23(31)25(27-24(28)32)11-10-17-6-3-4-9-21(17)25/h3-9,12-13H,10-11,14H2,1-2H3,(H,27,32)/t25-/m0/s1. The van der Waals surface area contributed by atoms with Gasteiger partial charge in [-0.25, -0.2) is 4.79 Å². The number of amides is 3. The SMILES string of the molecule is Cc1cc(C(=O)CN2C(=O)N[C@]3(CCc4ccccc43)C2=O)c(C)n1-c1cccc(Cl)c1. The van der Waals surface area contributed by atoms with E-state index in [1.807, 2.05) is 60.9 Å². The van der Waals surface area contributed by atoms with Crippen molar-refractivity contribution in [2.45, 2.75) is 32.2 Å². The number of ketones is 1. The van der Waals surface area contributed by atoms with Crippen LogP contribution >= 0.6 is 11.6 Å². The summed E-state index contributed by atoms with van der Waals surface area (Å²) in [6, 6.07) is 16.3. The number of carbonyl (C=O) groups is 3. The fourth-order valence-electron chi connectivity index (χ4n) is 5.02. The predicted molar refractivity (Wildman–Crippen MR) is 121 cm³/mol. The van der Waals surface area contributed by atoms with E-state index in [-0.39, 0.29) is 18.2 Å². The van der Waals surface area contributed by atoms with E-state index in [4.69, 9.17) is 11.6 Å². The van der Waals surface area contributed by atoms with Gasteiger partial charge in [0.05, 0.1) is 6.54 Å². The highest BCUT2D eigenvalue weighted by Gasteiger charge is 2.55. The number of hydrogen-bond acceptors (Lipinski definition) is 3. The van der Waals surface area contributed by atoms with Crippen molar-refractivity contribution in [2.75, 3.05) is 6.54 Å². The van der Waals surface area contributed by atoms with Crippen LogP contribution in [0.4, 0.5) is 4.79 Å². The van der Waals surface area contributed by atoms with Gasteiger partial charge >= 0.3 is 6.03 Å². The van der Waals surface area contributed by atoms with Gasteiger partial charge in [0.1, 0.15) is 5.54 Å². The molecule has 0 unspecified atom stereocenters. The third-order valence-corrected chi connectivity index (χ3v) is 6.76. The maximum atomic E-state index is 13.4. The van der Waals surface area contributed by atoms with Crippen molar-refractivity contribution in [3.63, 3.8) is 0 Å². The van der Waals surface area contributed by atoms with E-state index in [2.05, 4.69) is 5.32 Å². The number of nitrogens with zero attached hydrogens (tertiary/aromatic N) is 2. The van der Waals surface area contributed by atoms with Crippen LogP contribution in [-0.2, 0) is 16.8 Å². The summed E-state index contributed by atoms with van der Waals surface area (Å²) in [6.45, 7) is 3.46. The van der Waals surface area contributed by atoms with E-state index in [0.29, 0.717) is 23.4 Å². The summed E-state index contributed by atoms with van der Waals surface area (Å²) in [5.74, 6) is -0.636. The number of hydrogen-bond donors (Lipinski definition) is 1. The fraction of sp³-hybridized carbons (Fsp3) is 0.240. The third-order valence-electron chi connectivity index (χ3n) is 6.52.